The fourth-order valence-electron chi connectivity index (χ4n) is 4.97. The van der Waals surface area contributed by atoms with Crippen molar-refractivity contribution in [1.29, 1.82) is 0 Å². The highest BCUT2D eigenvalue weighted by molar-refractivity contribution is 6.32. The van der Waals surface area contributed by atoms with Gasteiger partial charge in [-0.1, -0.05) is 119 Å². The Labute approximate surface area is 272 Å². The molecule has 0 aromatic heterocycles. The molecule has 6 nitrogen and oxygen atoms in total. The van der Waals surface area contributed by atoms with Crippen molar-refractivity contribution in [3.63, 3.8) is 0 Å². The molecule has 1 aliphatic rings. The second kappa shape index (κ2) is 16.8. The number of carbonyl (C=O) groups is 1. The first-order valence-corrected chi connectivity index (χ1v) is 15.2. The number of benzene rings is 4. The van der Waals surface area contributed by atoms with Crippen LogP contribution in [0.5, 0.6) is 0 Å². The molecule has 10 heteroatoms. The molecule has 0 amide bonds. The summed E-state index contributed by atoms with van der Waals surface area (Å²) in [4.78, 5) is 13.1. The van der Waals surface area contributed by atoms with E-state index in [1.165, 1.54) is 0 Å². The number of carbonyl (C=O) groups excluding carboxylic acids is 1. The quantitative estimate of drug-likeness (QED) is 0.117. The molecule has 43 heavy (non-hydrogen) atoms. The van der Waals surface area contributed by atoms with E-state index in [1.54, 1.807) is 0 Å². The molecule has 0 aliphatic carbocycles. The molecule has 1 unspecified atom stereocenters. The van der Waals surface area contributed by atoms with Crippen LogP contribution in [0.4, 0.5) is 0 Å². The molecule has 0 radical (unpaired) electrons. The summed E-state index contributed by atoms with van der Waals surface area (Å²) in [5.41, 5.74) is 4.31. The maximum Gasteiger partial charge on any atom is 0.201 e. The fourth-order valence-corrected chi connectivity index (χ4v) is 5.76. The molecule has 0 saturated carbocycles. The van der Waals surface area contributed by atoms with Crippen LogP contribution in [0.15, 0.2) is 97.1 Å². The first-order valence-electron chi connectivity index (χ1n) is 13.7. The molecule has 0 spiro atoms. The minimum Gasteiger partial charge on any atom is -0.554 e. The van der Waals surface area contributed by atoms with Gasteiger partial charge in [-0.05, 0) is 41.0 Å². The molecule has 4 aromatic carbocycles. The Bertz CT molecular complexity index is 1530. The van der Waals surface area contributed by atoms with Crippen LogP contribution in [-0.2, 0) is 31.0 Å². The number of rotatable bonds is 11. The summed E-state index contributed by atoms with van der Waals surface area (Å²) < 4.78 is 2.32. The molecule has 0 bridgehead atoms. The Hall–Kier alpha value is -2.94. The molecule has 0 fully saturated rings. The van der Waals surface area contributed by atoms with Gasteiger partial charge in [0.15, 0.2) is 12.8 Å². The van der Waals surface area contributed by atoms with Gasteiger partial charge in [0.1, 0.15) is 6.17 Å². The van der Waals surface area contributed by atoms with E-state index in [0.29, 0.717) is 32.8 Å². The molecule has 4 aromatic rings. The lowest BCUT2D eigenvalue weighted by Gasteiger charge is -2.32. The van der Waals surface area contributed by atoms with Crippen LogP contribution in [0.2, 0.25) is 20.1 Å². The molecule has 1 atom stereocenters. The van der Waals surface area contributed by atoms with Gasteiger partial charge in [0.25, 0.3) is 0 Å². The van der Waals surface area contributed by atoms with Crippen molar-refractivity contribution in [2.75, 3.05) is 13.3 Å². The predicted octanol–water partition coefficient (Wildman–Crippen LogP) is 6.30. The second-order valence-electron chi connectivity index (χ2n) is 9.99. The maximum absolute atomic E-state index is 8.25. The maximum atomic E-state index is 8.25. The van der Waals surface area contributed by atoms with Crippen LogP contribution in [-0.4, -0.2) is 46.6 Å². The number of nitrogens with zero attached hydrogens (tertiary/aromatic N) is 3. The lowest BCUT2D eigenvalue weighted by atomic mass is 10.2. The van der Waals surface area contributed by atoms with Crippen molar-refractivity contribution in [3.05, 3.63) is 139 Å². The number of carboxylic acid groups (broad SMARTS) is 1. The smallest absolute Gasteiger partial charge is 0.201 e. The van der Waals surface area contributed by atoms with Crippen LogP contribution >= 0.6 is 46.4 Å². The Morgan fingerprint density at radius 3 is 1.77 bits per heavy atom. The molecule has 1 N–H and O–H groups in total. The number of hydrogen-bond donors (Lipinski definition) is 1. The Morgan fingerprint density at radius 2 is 1.23 bits per heavy atom. The highest BCUT2D eigenvalue weighted by Crippen LogP contribution is 2.25. The van der Waals surface area contributed by atoms with Gasteiger partial charge in [0.05, 0.1) is 11.7 Å². The van der Waals surface area contributed by atoms with E-state index in [-0.39, 0.29) is 6.17 Å². The zero-order valence-corrected chi connectivity index (χ0v) is 26.4. The summed E-state index contributed by atoms with van der Waals surface area (Å²) in [7, 11) is 0. The third kappa shape index (κ3) is 9.52. The van der Waals surface area contributed by atoms with E-state index in [2.05, 4.69) is 44.1 Å². The minimum atomic E-state index is -0.500. The predicted molar refractivity (Wildman–Crippen MR) is 173 cm³/mol. The molecular weight excluding hydrogens is 626 g/mol. The molecule has 224 valence electrons. The van der Waals surface area contributed by atoms with E-state index >= 15 is 0 Å². The van der Waals surface area contributed by atoms with Crippen molar-refractivity contribution < 1.29 is 14.5 Å². The third-order valence-electron chi connectivity index (χ3n) is 7.04. The van der Waals surface area contributed by atoms with Gasteiger partial charge in [-0.15, -0.1) is 0 Å². The van der Waals surface area contributed by atoms with Gasteiger partial charge in [0, 0.05) is 46.7 Å². The SMILES string of the molecule is Clc1ccccc1CNCN(Cc1ccccc1Cl)C1C=[N+](Cc2ccccc2Cl)CN1Cc1ccccc1Cl.O=C[O-]. The van der Waals surface area contributed by atoms with Crippen molar-refractivity contribution >= 4 is 59.1 Å². The molecule has 1 aliphatic heterocycles. The van der Waals surface area contributed by atoms with Gasteiger partial charge in [0.2, 0.25) is 6.67 Å². The fraction of sp³-hybridized carbons (Fsp3) is 0.212. The topological polar surface area (TPSA) is 61.7 Å². The van der Waals surface area contributed by atoms with E-state index in [4.69, 9.17) is 56.3 Å². The molecular formula is C33H32Cl4N4O2. The third-order valence-corrected chi connectivity index (χ3v) is 8.51. The van der Waals surface area contributed by atoms with Gasteiger partial charge in [-0.25, -0.2) is 9.48 Å². The van der Waals surface area contributed by atoms with Crippen molar-refractivity contribution in [2.45, 2.75) is 32.3 Å². The summed E-state index contributed by atoms with van der Waals surface area (Å²) in [6.45, 7) is 3.57. The summed E-state index contributed by atoms with van der Waals surface area (Å²) in [6.07, 6.45) is 2.27. The van der Waals surface area contributed by atoms with E-state index in [1.807, 2.05) is 78.9 Å². The standard InChI is InChI=1S/C32H31Cl4N4.CH2O2/c33-28-13-5-1-9-24(28)17-37-22-39(19-26-11-3-7-15-30(26)35)32-21-38(18-25-10-2-6-14-29(25)34)23-40(32)20-27-12-4-8-16-31(27)36;2-1-3/h1-16,21,32,37H,17-20,22-23H2;1H,(H,2,3)/q+1;/p-1. The van der Waals surface area contributed by atoms with Gasteiger partial charge in [-0.3, -0.25) is 4.90 Å². The second-order valence-corrected chi connectivity index (χ2v) is 11.6. The lowest BCUT2D eigenvalue weighted by Crippen LogP contribution is -2.49. The first kappa shape index (κ1) is 33.0. The summed E-state index contributed by atoms with van der Waals surface area (Å²) in [6, 6.07) is 32.0. The average molecular weight is 658 g/mol. The van der Waals surface area contributed by atoms with Crippen LogP contribution < -0.4 is 10.4 Å². The van der Waals surface area contributed by atoms with Gasteiger partial charge in [-0.2, -0.15) is 0 Å². The van der Waals surface area contributed by atoms with Crippen molar-refractivity contribution in [1.82, 2.24) is 15.1 Å². The van der Waals surface area contributed by atoms with Crippen LogP contribution in [0.3, 0.4) is 0 Å². The summed E-state index contributed by atoms with van der Waals surface area (Å²) >= 11 is 26.2. The van der Waals surface area contributed by atoms with Crippen LogP contribution in [0, 0.1) is 0 Å². The van der Waals surface area contributed by atoms with Crippen LogP contribution in [0.25, 0.3) is 0 Å². The summed E-state index contributed by atoms with van der Waals surface area (Å²) in [5, 5.41) is 14.9. The normalized spacial score (nSPS) is 14.7. The van der Waals surface area contributed by atoms with Gasteiger partial charge >= 0.3 is 0 Å². The van der Waals surface area contributed by atoms with E-state index in [9.17, 15) is 0 Å². The number of nitrogens with one attached hydrogen (secondary N) is 1. The van der Waals surface area contributed by atoms with Crippen molar-refractivity contribution in [2.24, 2.45) is 0 Å². The molecule has 1 heterocycles. The Morgan fingerprint density at radius 1 is 0.767 bits per heavy atom. The zero-order valence-electron chi connectivity index (χ0n) is 23.4. The Balaban J connectivity index is 0.00000135. The van der Waals surface area contributed by atoms with Crippen LogP contribution in [0.1, 0.15) is 22.3 Å². The van der Waals surface area contributed by atoms with Crippen molar-refractivity contribution in [3.8, 4) is 0 Å². The average Bonchev–Trinajstić information content (AvgIpc) is 3.39. The van der Waals surface area contributed by atoms with E-state index in [0.717, 1.165) is 49.0 Å². The number of halogens is 4. The Kier molecular flexibility index (Phi) is 12.9. The largest absolute Gasteiger partial charge is 0.554 e. The van der Waals surface area contributed by atoms with Gasteiger partial charge < -0.3 is 15.2 Å². The minimum absolute atomic E-state index is 0.0196. The molecule has 0 saturated heterocycles. The highest BCUT2D eigenvalue weighted by atomic mass is 35.5. The first-order chi connectivity index (χ1) is 20.9. The summed E-state index contributed by atoms with van der Waals surface area (Å²) in [5.74, 6) is 0. The van der Waals surface area contributed by atoms with E-state index < -0.39 is 6.47 Å². The number of hydrogen-bond acceptors (Lipinski definition) is 5. The zero-order chi connectivity index (χ0) is 30.6. The molecule has 5 rings (SSSR count). The highest BCUT2D eigenvalue weighted by Gasteiger charge is 2.36. The lowest BCUT2D eigenvalue weighted by molar-refractivity contribution is -0.548. The monoisotopic (exact) mass is 656 g/mol.